The summed E-state index contributed by atoms with van der Waals surface area (Å²) >= 11 is 5.68. The molecule has 18 heavy (non-hydrogen) atoms. The molecule has 6 heteroatoms. The van der Waals surface area contributed by atoms with E-state index in [1.165, 1.54) is 18.2 Å². The van der Waals surface area contributed by atoms with Gasteiger partial charge in [0.1, 0.15) is 5.82 Å². The van der Waals surface area contributed by atoms with Gasteiger partial charge in [0.2, 0.25) is 11.7 Å². The molecule has 2 N–H and O–H groups in total. The van der Waals surface area contributed by atoms with Crippen molar-refractivity contribution in [1.82, 2.24) is 10.1 Å². The lowest BCUT2D eigenvalue weighted by Crippen LogP contribution is -2.09. The Morgan fingerprint density at radius 3 is 3.00 bits per heavy atom. The summed E-state index contributed by atoms with van der Waals surface area (Å²) in [4.78, 5) is 4.14. The molecule has 0 spiro atoms. The summed E-state index contributed by atoms with van der Waals surface area (Å²) in [5.41, 5.74) is 6.37. The van der Waals surface area contributed by atoms with Crippen LogP contribution >= 0.6 is 11.6 Å². The van der Waals surface area contributed by atoms with E-state index in [1.807, 2.05) is 0 Å². The molecule has 1 heterocycles. The van der Waals surface area contributed by atoms with Gasteiger partial charge in [-0.1, -0.05) is 22.8 Å². The van der Waals surface area contributed by atoms with Gasteiger partial charge in [-0.2, -0.15) is 4.98 Å². The fourth-order valence-electron chi connectivity index (χ4n) is 1.42. The van der Waals surface area contributed by atoms with E-state index in [0.717, 1.165) is 0 Å². The van der Waals surface area contributed by atoms with Crippen molar-refractivity contribution >= 4 is 11.6 Å². The topological polar surface area (TPSA) is 64.9 Å². The molecule has 0 aliphatic carbocycles. The Labute approximate surface area is 108 Å². The lowest BCUT2D eigenvalue weighted by atomic mass is 10.2. The van der Waals surface area contributed by atoms with E-state index in [-0.39, 0.29) is 11.1 Å². The largest absolute Gasteiger partial charge is 0.337 e. The molecular weight excluding hydrogens is 257 g/mol. The summed E-state index contributed by atoms with van der Waals surface area (Å²) in [7, 11) is 0. The highest BCUT2D eigenvalue weighted by Crippen LogP contribution is 2.24. The molecule has 4 nitrogen and oxygen atoms in total. The first-order valence-corrected chi connectivity index (χ1v) is 5.65. The van der Waals surface area contributed by atoms with E-state index < -0.39 is 5.82 Å². The van der Waals surface area contributed by atoms with E-state index in [1.54, 1.807) is 6.08 Å². The van der Waals surface area contributed by atoms with Gasteiger partial charge in [-0.05, 0) is 24.6 Å². The second-order valence-electron chi connectivity index (χ2n) is 3.72. The van der Waals surface area contributed by atoms with Gasteiger partial charge >= 0.3 is 0 Å². The van der Waals surface area contributed by atoms with Crippen LogP contribution in [0.25, 0.3) is 11.4 Å². The minimum atomic E-state index is -0.493. The minimum absolute atomic E-state index is 0.00856. The van der Waals surface area contributed by atoms with E-state index in [9.17, 15) is 4.39 Å². The zero-order valence-corrected chi connectivity index (χ0v) is 10.2. The molecule has 0 amide bonds. The average Bonchev–Trinajstić information content (AvgIpc) is 2.82. The Balaban J connectivity index is 2.28. The minimum Gasteiger partial charge on any atom is -0.337 e. The van der Waals surface area contributed by atoms with Crippen LogP contribution in [-0.4, -0.2) is 10.1 Å². The van der Waals surface area contributed by atoms with Gasteiger partial charge in [-0.3, -0.25) is 0 Å². The third-order valence-electron chi connectivity index (χ3n) is 2.36. The van der Waals surface area contributed by atoms with Crippen LogP contribution in [0.3, 0.4) is 0 Å². The molecule has 0 radical (unpaired) electrons. The summed E-state index contributed by atoms with van der Waals surface area (Å²) in [6, 6.07) is 3.82. The number of rotatable bonds is 4. The summed E-state index contributed by atoms with van der Waals surface area (Å²) in [5.74, 6) is 0.143. The van der Waals surface area contributed by atoms with Crippen molar-refractivity contribution < 1.29 is 8.91 Å². The molecule has 2 rings (SSSR count). The standard InChI is InChI=1S/C12H11ClFN3O/c1-2-3-10(15)12-16-11(17-18-12)7-4-5-9(14)8(13)6-7/h2,4-6,10H,1,3,15H2. The number of nitrogens with zero attached hydrogens (tertiary/aromatic N) is 2. The monoisotopic (exact) mass is 267 g/mol. The normalized spacial score (nSPS) is 12.4. The number of nitrogens with two attached hydrogens (primary N) is 1. The fourth-order valence-corrected chi connectivity index (χ4v) is 1.60. The van der Waals surface area contributed by atoms with Crippen molar-refractivity contribution in [1.29, 1.82) is 0 Å². The van der Waals surface area contributed by atoms with E-state index in [2.05, 4.69) is 16.7 Å². The quantitative estimate of drug-likeness (QED) is 0.865. The van der Waals surface area contributed by atoms with Crippen LogP contribution < -0.4 is 5.73 Å². The number of aromatic nitrogens is 2. The van der Waals surface area contributed by atoms with Crippen molar-refractivity contribution in [2.75, 3.05) is 0 Å². The second-order valence-corrected chi connectivity index (χ2v) is 4.12. The number of hydrogen-bond acceptors (Lipinski definition) is 4. The van der Waals surface area contributed by atoms with Gasteiger partial charge < -0.3 is 10.3 Å². The molecule has 1 unspecified atom stereocenters. The smallest absolute Gasteiger partial charge is 0.244 e. The van der Waals surface area contributed by atoms with Crippen LogP contribution in [0.15, 0.2) is 35.4 Å². The van der Waals surface area contributed by atoms with Crippen molar-refractivity contribution in [3.63, 3.8) is 0 Å². The molecule has 1 aromatic carbocycles. The molecule has 94 valence electrons. The molecule has 0 saturated heterocycles. The summed E-state index contributed by atoms with van der Waals surface area (Å²) in [5, 5.41) is 3.79. The van der Waals surface area contributed by atoms with E-state index in [4.69, 9.17) is 21.9 Å². The first kappa shape index (κ1) is 12.7. The maximum absolute atomic E-state index is 13.0. The van der Waals surface area contributed by atoms with Crippen LogP contribution in [0.5, 0.6) is 0 Å². The highest BCUT2D eigenvalue weighted by molar-refractivity contribution is 6.31. The zero-order valence-electron chi connectivity index (χ0n) is 9.44. The van der Waals surface area contributed by atoms with Crippen LogP contribution in [0.4, 0.5) is 4.39 Å². The summed E-state index contributed by atoms with van der Waals surface area (Å²) in [6.45, 7) is 3.58. The number of hydrogen-bond donors (Lipinski definition) is 1. The lowest BCUT2D eigenvalue weighted by Gasteiger charge is -2.00. The average molecular weight is 268 g/mol. The van der Waals surface area contributed by atoms with E-state index in [0.29, 0.717) is 23.7 Å². The Kier molecular flexibility index (Phi) is 3.74. The van der Waals surface area contributed by atoms with Crippen LogP contribution in [0.2, 0.25) is 5.02 Å². The van der Waals surface area contributed by atoms with Crippen molar-refractivity contribution in [2.45, 2.75) is 12.5 Å². The summed E-state index contributed by atoms with van der Waals surface area (Å²) < 4.78 is 18.1. The Morgan fingerprint density at radius 1 is 1.56 bits per heavy atom. The van der Waals surface area contributed by atoms with Gasteiger partial charge in [0.05, 0.1) is 11.1 Å². The number of benzene rings is 1. The third-order valence-corrected chi connectivity index (χ3v) is 2.65. The Morgan fingerprint density at radius 2 is 2.33 bits per heavy atom. The van der Waals surface area contributed by atoms with Crippen LogP contribution in [0, 0.1) is 5.82 Å². The van der Waals surface area contributed by atoms with E-state index >= 15 is 0 Å². The predicted octanol–water partition coefficient (Wildman–Crippen LogP) is 3.11. The molecule has 1 aromatic heterocycles. The molecule has 2 aromatic rings. The second kappa shape index (κ2) is 5.29. The molecular formula is C12H11ClFN3O. The third kappa shape index (κ3) is 2.57. The van der Waals surface area contributed by atoms with Gasteiger partial charge in [0.25, 0.3) is 0 Å². The van der Waals surface area contributed by atoms with Crippen LogP contribution in [-0.2, 0) is 0 Å². The fraction of sp³-hybridized carbons (Fsp3) is 0.167. The molecule has 0 bridgehead atoms. The Hall–Kier alpha value is -1.72. The highest BCUT2D eigenvalue weighted by atomic mass is 35.5. The van der Waals surface area contributed by atoms with Crippen molar-refractivity contribution in [2.24, 2.45) is 5.73 Å². The van der Waals surface area contributed by atoms with Gasteiger partial charge in [-0.25, -0.2) is 4.39 Å². The van der Waals surface area contributed by atoms with Crippen molar-refractivity contribution in [3.05, 3.63) is 47.6 Å². The zero-order chi connectivity index (χ0) is 13.1. The van der Waals surface area contributed by atoms with Gasteiger partial charge in [-0.15, -0.1) is 6.58 Å². The number of halogens is 2. The summed E-state index contributed by atoms with van der Waals surface area (Å²) in [6.07, 6.45) is 2.20. The molecule has 1 atom stereocenters. The van der Waals surface area contributed by atoms with Gasteiger partial charge in [0, 0.05) is 5.56 Å². The molecule has 0 aliphatic rings. The first-order chi connectivity index (χ1) is 8.61. The molecule has 0 fully saturated rings. The highest BCUT2D eigenvalue weighted by Gasteiger charge is 2.15. The predicted molar refractivity (Wildman–Crippen MR) is 66.4 cm³/mol. The lowest BCUT2D eigenvalue weighted by molar-refractivity contribution is 0.356. The Bertz CT molecular complexity index is 570. The molecule has 0 saturated carbocycles. The van der Waals surface area contributed by atoms with Crippen LogP contribution in [0.1, 0.15) is 18.4 Å². The first-order valence-electron chi connectivity index (χ1n) is 5.27. The maximum Gasteiger partial charge on any atom is 0.244 e. The van der Waals surface area contributed by atoms with Gasteiger partial charge in [0.15, 0.2) is 0 Å². The molecule has 0 aliphatic heterocycles. The maximum atomic E-state index is 13.0. The van der Waals surface area contributed by atoms with Crippen molar-refractivity contribution in [3.8, 4) is 11.4 Å². The SMILES string of the molecule is C=CCC(N)c1nc(-c2ccc(F)c(Cl)c2)no1.